The number of carbonyl (C=O) groups is 1. The van der Waals surface area contributed by atoms with Crippen molar-refractivity contribution in [2.24, 2.45) is 5.11 Å². The molecule has 6 nitrogen and oxygen atoms in total. The second-order valence-electron chi connectivity index (χ2n) is 3.52. The molecule has 0 aliphatic rings. The lowest BCUT2D eigenvalue weighted by molar-refractivity contribution is -0.113. The van der Waals surface area contributed by atoms with Gasteiger partial charge in [0.2, 0.25) is 17.6 Å². The molecule has 1 unspecified atom stereocenters. The van der Waals surface area contributed by atoms with Gasteiger partial charge in [-0.3, -0.25) is 4.79 Å². The summed E-state index contributed by atoms with van der Waals surface area (Å²) in [6, 6.07) is 4.87. The van der Waals surface area contributed by atoms with Crippen LogP contribution in [0.15, 0.2) is 34.8 Å². The number of thiazole rings is 1. The summed E-state index contributed by atoms with van der Waals surface area (Å²) >= 11 is -0.699. The van der Waals surface area contributed by atoms with Crippen molar-refractivity contribution in [2.45, 2.75) is 6.92 Å². The second kappa shape index (κ2) is 5.37. The fourth-order valence-corrected chi connectivity index (χ4v) is 2.63. The molecule has 1 aromatic carbocycles. The normalized spacial score (nSPS) is 13.4. The summed E-state index contributed by atoms with van der Waals surface area (Å²) in [4.78, 5) is 15.1. The molecule has 8 heteroatoms. The molecule has 0 spiro atoms. The Bertz CT molecular complexity index is 742. The number of rotatable bonds is 5. The number of fused-ring (bicyclic) bond motifs is 1. The van der Waals surface area contributed by atoms with E-state index in [-0.39, 0.29) is 10.7 Å². The molecule has 0 saturated carbocycles. The van der Waals surface area contributed by atoms with Gasteiger partial charge in [0.1, 0.15) is 10.7 Å². The largest absolute Gasteiger partial charge is 0.397 e. The van der Waals surface area contributed by atoms with Crippen molar-refractivity contribution >= 4 is 43.5 Å². The minimum absolute atomic E-state index is 0.0990. The fraction of sp³-hybridized carbons (Fsp3) is 0.0909. The van der Waals surface area contributed by atoms with Crippen LogP contribution in [0, 0.1) is 5.52 Å². The predicted molar refractivity (Wildman–Crippen MR) is 73.0 cm³/mol. The number of aromatic nitrogens is 1. The molecule has 1 aromatic heterocycles. The Morgan fingerprint density at radius 3 is 3.16 bits per heavy atom. The van der Waals surface area contributed by atoms with E-state index < -0.39 is 11.1 Å². The number of allylic oxidation sites excluding steroid dienone is 1. The highest BCUT2D eigenvalue weighted by Gasteiger charge is 2.13. The van der Waals surface area contributed by atoms with Crippen LogP contribution in [-0.4, -0.2) is 15.0 Å². The highest BCUT2D eigenvalue weighted by atomic mass is 32.2. The van der Waals surface area contributed by atoms with Gasteiger partial charge in [-0.15, -0.1) is 5.11 Å². The Morgan fingerprint density at radius 2 is 2.47 bits per heavy atom. The van der Waals surface area contributed by atoms with Crippen LogP contribution >= 0.6 is 11.3 Å². The van der Waals surface area contributed by atoms with Gasteiger partial charge in [0.15, 0.2) is 5.78 Å². The molecule has 2 aromatic rings. The molecule has 1 atom stereocenters. The Morgan fingerprint density at radius 1 is 1.68 bits per heavy atom. The number of nitrogens with one attached hydrogen (secondary N) is 1. The molecule has 1 N–H and O–H groups in total. The lowest BCUT2D eigenvalue weighted by Gasteiger charge is -2.04. The zero-order chi connectivity index (χ0) is 14.7. The van der Waals surface area contributed by atoms with Gasteiger partial charge in [0, 0.05) is 6.07 Å². The maximum Gasteiger partial charge on any atom is 0.243 e. The monoisotopic (exact) mass is 296 g/mol. The highest BCUT2D eigenvalue weighted by molar-refractivity contribution is 7.85. The maximum absolute atomic E-state index is 11.7. The van der Waals surface area contributed by atoms with Crippen LogP contribution in [0.5, 0.6) is 5.75 Å². The molecule has 0 fully saturated rings. The van der Waals surface area contributed by atoms with E-state index in [0.717, 1.165) is 4.70 Å². The van der Waals surface area contributed by atoms with Gasteiger partial charge in [-0.25, -0.2) is 14.7 Å². The number of ketones is 1. The predicted octanol–water partition coefficient (Wildman–Crippen LogP) is 3.10. The molecule has 0 aliphatic heterocycles. The molecule has 0 saturated heterocycles. The third-order valence-corrected chi connectivity index (χ3v) is 4.14. The summed E-state index contributed by atoms with van der Waals surface area (Å²) in [6.07, 6.45) is 0. The molecule has 0 aliphatic carbocycles. The van der Waals surface area contributed by atoms with E-state index in [2.05, 4.69) is 22.2 Å². The van der Waals surface area contributed by atoms with Crippen LogP contribution in [-0.2, 0) is 15.9 Å². The minimum atomic E-state index is -1.92. The van der Waals surface area contributed by atoms with Crippen LogP contribution in [0.4, 0.5) is 5.13 Å². The lowest BCUT2D eigenvalue weighted by atomic mass is 10.3. The van der Waals surface area contributed by atoms with Crippen LogP contribution < -0.4 is 4.18 Å². The zero-order valence-electron chi connectivity index (χ0n) is 10.8. The number of carbonyl (C=O) groups excluding carboxylic acids is 1. The number of benzene rings is 1. The van der Waals surface area contributed by atoms with Gasteiger partial charge < -0.3 is 4.18 Å². The minimum Gasteiger partial charge on any atom is -0.397 e. The molecule has 0 bridgehead atoms. The van der Waals surface area contributed by atoms with E-state index in [9.17, 15) is 9.00 Å². The first-order valence-electron chi connectivity index (χ1n) is 5.51. The van der Waals surface area contributed by atoms with Crippen molar-refractivity contribution in [3.63, 3.8) is 0 Å². The first kappa shape index (κ1) is 12.1. The maximum atomic E-state index is 11.7. The molecule has 0 amide bonds. The van der Waals surface area contributed by atoms with E-state index in [1.807, 2.05) is 0 Å². The van der Waals surface area contributed by atoms with E-state index in [4.69, 9.17) is 5.59 Å². The summed E-state index contributed by atoms with van der Waals surface area (Å²) in [7, 11) is 0. The number of nitrogens with zero attached hydrogens (tertiary/aromatic N) is 2. The Balaban J connectivity index is 2.25. The Labute approximate surface area is 116 Å². The number of hydrogen-bond donors (Lipinski definition) is 1. The molecular formula is C11H9N3O3S2. The van der Waals surface area contributed by atoms with E-state index in [1.165, 1.54) is 18.3 Å². The summed E-state index contributed by atoms with van der Waals surface area (Å²) in [5.41, 5.74) is 3.58. The molecule has 2 rings (SSSR count). The Hall–Kier alpha value is -1.93. The van der Waals surface area contributed by atoms with Crippen molar-refractivity contribution in [1.82, 2.24) is 4.98 Å². The van der Waals surface area contributed by atoms with Crippen molar-refractivity contribution < 1.29 is 14.6 Å². The first-order valence-corrected chi connectivity index (χ1v) is 6.96. The van der Waals surface area contributed by atoms with Gasteiger partial charge >= 0.3 is 0 Å². The highest BCUT2D eigenvalue weighted by Crippen LogP contribution is 2.31. The summed E-state index contributed by atoms with van der Waals surface area (Å²) in [5, 5.41) is 3.87. The first-order chi connectivity index (χ1) is 9.51. The average Bonchev–Trinajstić information content (AvgIpc) is 2.79. The quantitative estimate of drug-likeness (QED) is 0.677. The fourth-order valence-electron chi connectivity index (χ4n) is 1.24. The van der Waals surface area contributed by atoms with Crippen molar-refractivity contribution in [2.75, 3.05) is 0 Å². The molecule has 1 heterocycles. The van der Waals surface area contributed by atoms with E-state index in [1.54, 1.807) is 18.2 Å². The lowest BCUT2D eigenvalue weighted by Crippen LogP contribution is -2.08. The SMILES string of the molecule is [2H]N=Nc1nc2ccc(OS(=O)C(=C)C(C)=O)cc2s1. The molecular weight excluding hydrogens is 286 g/mol. The summed E-state index contributed by atoms with van der Waals surface area (Å²) < 4.78 is 24.2. The zero-order valence-corrected chi connectivity index (χ0v) is 11.5. The Kier molecular flexibility index (Phi) is 3.43. The van der Waals surface area contributed by atoms with Crippen molar-refractivity contribution in [1.29, 1.82) is 5.52 Å². The van der Waals surface area contributed by atoms with Gasteiger partial charge in [-0.05, 0) is 19.1 Å². The average molecular weight is 296 g/mol. The number of Topliss-reactive ketones (excluding diaryl/α,β-unsaturated/α-hetero) is 1. The van der Waals surface area contributed by atoms with Crippen molar-refractivity contribution in [3.05, 3.63) is 29.7 Å². The summed E-state index contributed by atoms with van der Waals surface area (Å²) in [6.45, 7) is 4.68. The molecule has 0 radical (unpaired) electrons. The van der Waals surface area contributed by atoms with E-state index in [0.29, 0.717) is 16.4 Å². The second-order valence-corrected chi connectivity index (χ2v) is 5.66. The smallest absolute Gasteiger partial charge is 0.243 e. The van der Waals surface area contributed by atoms with Gasteiger partial charge in [-0.2, -0.15) is 0 Å². The molecule has 19 heavy (non-hydrogen) atoms. The van der Waals surface area contributed by atoms with Crippen LogP contribution in [0.25, 0.3) is 10.2 Å². The van der Waals surface area contributed by atoms with Crippen LogP contribution in [0.3, 0.4) is 0 Å². The molecule has 98 valence electrons. The summed E-state index contributed by atoms with van der Waals surface area (Å²) in [5.74, 6) is -0.0587. The number of hydrogen-bond acceptors (Lipinski definition) is 7. The topological polar surface area (TPSA) is 92.5 Å². The van der Waals surface area contributed by atoms with E-state index >= 15 is 0 Å². The third kappa shape index (κ3) is 2.91. The standard InChI is InChI=1S/C11H9N3O3S2/c1-6(15)7(2)19(16)17-8-3-4-9-10(5-8)18-11(13-9)14-12/h3-5,12H,2H2,1H3/i/hD. The van der Waals surface area contributed by atoms with Gasteiger partial charge in [0.25, 0.3) is 0 Å². The third-order valence-electron chi connectivity index (χ3n) is 2.20. The van der Waals surface area contributed by atoms with Crippen molar-refractivity contribution in [3.8, 4) is 5.75 Å². The van der Waals surface area contributed by atoms with Crippen LogP contribution in [0.1, 0.15) is 6.92 Å². The van der Waals surface area contributed by atoms with Gasteiger partial charge in [0.05, 0.1) is 10.2 Å². The van der Waals surface area contributed by atoms with Crippen LogP contribution in [0.2, 0.25) is 1.41 Å². The van der Waals surface area contributed by atoms with Gasteiger partial charge in [-0.1, -0.05) is 17.9 Å².